The molecule has 17 heavy (non-hydrogen) atoms. The Bertz CT molecular complexity index is 538. The Morgan fingerprint density at radius 2 is 1.82 bits per heavy atom. The van der Waals surface area contributed by atoms with Crippen molar-refractivity contribution in [1.82, 2.24) is 0 Å². The monoisotopic (exact) mass is 254 g/mol. The molecule has 0 amide bonds. The highest BCUT2D eigenvalue weighted by atomic mass is 32.2. The van der Waals surface area contributed by atoms with Crippen molar-refractivity contribution in [1.29, 1.82) is 0 Å². The summed E-state index contributed by atoms with van der Waals surface area (Å²) in [7, 11) is -3.50. The molecule has 1 aromatic carbocycles. The molecule has 1 aliphatic carbocycles. The van der Waals surface area contributed by atoms with Crippen molar-refractivity contribution in [3.8, 4) is 0 Å². The molecule has 5 heteroatoms. The van der Waals surface area contributed by atoms with Gasteiger partial charge in [0.2, 0.25) is 0 Å². The number of sulfone groups is 1. The average molecular weight is 254 g/mol. The van der Waals surface area contributed by atoms with Gasteiger partial charge in [0, 0.05) is 0 Å². The van der Waals surface area contributed by atoms with Crippen LogP contribution in [0.4, 0.5) is 0 Å². The van der Waals surface area contributed by atoms with Crippen LogP contribution >= 0.6 is 0 Å². The van der Waals surface area contributed by atoms with Crippen LogP contribution in [-0.2, 0) is 14.6 Å². The third-order valence-electron chi connectivity index (χ3n) is 3.15. The summed E-state index contributed by atoms with van der Waals surface area (Å²) in [4.78, 5) is 11.2. The summed E-state index contributed by atoms with van der Waals surface area (Å²) in [5, 5.41) is 8.99. The van der Waals surface area contributed by atoms with Crippen molar-refractivity contribution in [2.45, 2.75) is 24.7 Å². The zero-order chi connectivity index (χ0) is 12.7. The molecule has 1 saturated carbocycles. The van der Waals surface area contributed by atoms with Crippen molar-refractivity contribution in [2.24, 2.45) is 5.41 Å². The van der Waals surface area contributed by atoms with Gasteiger partial charge in [-0.1, -0.05) is 17.7 Å². The van der Waals surface area contributed by atoms with Gasteiger partial charge in [-0.15, -0.1) is 0 Å². The molecule has 2 rings (SSSR count). The number of rotatable bonds is 4. The van der Waals surface area contributed by atoms with Gasteiger partial charge in [0.25, 0.3) is 0 Å². The fraction of sp³-hybridized carbons (Fsp3) is 0.417. The molecule has 4 nitrogen and oxygen atoms in total. The quantitative estimate of drug-likeness (QED) is 0.886. The number of aryl methyl sites for hydroxylation is 1. The summed E-state index contributed by atoms with van der Waals surface area (Å²) in [6, 6.07) is 6.49. The summed E-state index contributed by atoms with van der Waals surface area (Å²) in [6.07, 6.45) is 0.904. The molecule has 0 aromatic heterocycles. The van der Waals surface area contributed by atoms with E-state index in [2.05, 4.69) is 0 Å². The fourth-order valence-electron chi connectivity index (χ4n) is 1.76. The van der Waals surface area contributed by atoms with Crippen molar-refractivity contribution in [2.75, 3.05) is 5.75 Å². The number of hydrogen-bond acceptors (Lipinski definition) is 3. The molecule has 0 atom stereocenters. The van der Waals surface area contributed by atoms with Crippen molar-refractivity contribution in [3.05, 3.63) is 29.8 Å². The minimum atomic E-state index is -3.50. The first-order valence-electron chi connectivity index (χ1n) is 5.39. The standard InChI is InChI=1S/C12H14O4S/c1-9-2-4-10(5-3-9)17(15,16)8-12(6-7-12)11(13)14/h2-5H,6-8H2,1H3,(H,13,14). The number of carboxylic acids is 1. The fourth-order valence-corrected chi connectivity index (χ4v) is 3.62. The molecule has 0 aliphatic heterocycles. The molecule has 1 fully saturated rings. The largest absolute Gasteiger partial charge is 0.481 e. The Morgan fingerprint density at radius 3 is 2.24 bits per heavy atom. The molecule has 1 aromatic rings. The van der Waals surface area contributed by atoms with Crippen LogP contribution in [0, 0.1) is 12.3 Å². The number of aliphatic carboxylic acids is 1. The SMILES string of the molecule is Cc1ccc(S(=O)(=O)CC2(C(=O)O)CC2)cc1. The maximum absolute atomic E-state index is 12.0. The zero-order valence-corrected chi connectivity index (χ0v) is 10.3. The first kappa shape index (κ1) is 12.1. The maximum Gasteiger partial charge on any atom is 0.310 e. The number of benzene rings is 1. The summed E-state index contributed by atoms with van der Waals surface area (Å²) in [6.45, 7) is 1.87. The number of carbonyl (C=O) groups is 1. The van der Waals surface area contributed by atoms with E-state index in [4.69, 9.17) is 5.11 Å². The Hall–Kier alpha value is -1.36. The van der Waals surface area contributed by atoms with E-state index in [-0.39, 0.29) is 10.6 Å². The highest BCUT2D eigenvalue weighted by Gasteiger charge is 2.53. The van der Waals surface area contributed by atoms with Crippen LogP contribution in [-0.4, -0.2) is 25.2 Å². The van der Waals surface area contributed by atoms with E-state index in [0.717, 1.165) is 5.56 Å². The lowest BCUT2D eigenvalue weighted by Gasteiger charge is -2.10. The average Bonchev–Trinajstić information content (AvgIpc) is 2.99. The van der Waals surface area contributed by atoms with Gasteiger partial charge in [0.05, 0.1) is 16.1 Å². The Kier molecular flexibility index (Phi) is 2.73. The van der Waals surface area contributed by atoms with Gasteiger partial charge in [0.15, 0.2) is 9.84 Å². The smallest absolute Gasteiger partial charge is 0.310 e. The van der Waals surface area contributed by atoms with E-state index in [9.17, 15) is 13.2 Å². The van der Waals surface area contributed by atoms with Crippen LogP contribution in [0.2, 0.25) is 0 Å². The highest BCUT2D eigenvalue weighted by Crippen LogP contribution is 2.47. The summed E-state index contributed by atoms with van der Waals surface area (Å²) < 4.78 is 24.1. The predicted molar refractivity (Wildman–Crippen MR) is 62.5 cm³/mol. The van der Waals surface area contributed by atoms with Gasteiger partial charge >= 0.3 is 5.97 Å². The van der Waals surface area contributed by atoms with Crippen molar-refractivity contribution >= 4 is 15.8 Å². The van der Waals surface area contributed by atoms with Crippen molar-refractivity contribution in [3.63, 3.8) is 0 Å². The Morgan fingerprint density at radius 1 is 1.29 bits per heavy atom. The van der Waals surface area contributed by atoms with Crippen LogP contribution in [0.25, 0.3) is 0 Å². The Balaban J connectivity index is 2.26. The molecule has 0 heterocycles. The molecule has 0 bridgehead atoms. The van der Waals surface area contributed by atoms with E-state index in [1.165, 1.54) is 12.1 Å². The van der Waals surface area contributed by atoms with Crippen LogP contribution in [0.3, 0.4) is 0 Å². The number of carboxylic acid groups (broad SMARTS) is 1. The lowest BCUT2D eigenvalue weighted by molar-refractivity contribution is -0.142. The predicted octanol–water partition coefficient (Wildman–Crippen LogP) is 1.63. The normalized spacial score (nSPS) is 17.7. The van der Waals surface area contributed by atoms with Gasteiger partial charge in [0.1, 0.15) is 0 Å². The summed E-state index contributed by atoms with van der Waals surface area (Å²) in [5.74, 6) is -1.30. The molecular formula is C12H14O4S. The van der Waals surface area contributed by atoms with Gasteiger partial charge in [-0.3, -0.25) is 4.79 Å². The summed E-state index contributed by atoms with van der Waals surface area (Å²) >= 11 is 0. The van der Waals surface area contributed by atoms with Crippen molar-refractivity contribution < 1.29 is 18.3 Å². The molecule has 0 radical (unpaired) electrons. The minimum Gasteiger partial charge on any atom is -0.481 e. The molecule has 92 valence electrons. The number of hydrogen-bond donors (Lipinski definition) is 1. The maximum atomic E-state index is 12.0. The van der Waals surface area contributed by atoms with Crippen LogP contribution in [0.15, 0.2) is 29.2 Å². The second-order valence-electron chi connectivity index (χ2n) is 4.66. The lowest BCUT2D eigenvalue weighted by Crippen LogP contribution is -2.25. The summed E-state index contributed by atoms with van der Waals surface area (Å²) in [5.41, 5.74) is -0.0627. The third-order valence-corrected chi connectivity index (χ3v) is 5.08. The molecule has 1 N–H and O–H groups in total. The van der Waals surface area contributed by atoms with Gasteiger partial charge in [-0.2, -0.15) is 0 Å². The molecular weight excluding hydrogens is 240 g/mol. The van der Waals surface area contributed by atoms with Gasteiger partial charge in [-0.05, 0) is 31.9 Å². The van der Waals surface area contributed by atoms with E-state index in [1.54, 1.807) is 12.1 Å². The van der Waals surface area contributed by atoms with Gasteiger partial charge < -0.3 is 5.11 Å². The molecule has 0 spiro atoms. The zero-order valence-electron chi connectivity index (χ0n) is 9.51. The van der Waals surface area contributed by atoms with Gasteiger partial charge in [-0.25, -0.2) is 8.42 Å². The lowest BCUT2D eigenvalue weighted by atomic mass is 10.1. The first-order valence-corrected chi connectivity index (χ1v) is 7.04. The third kappa shape index (κ3) is 2.34. The topological polar surface area (TPSA) is 71.4 Å². The van der Waals surface area contributed by atoms with Crippen LogP contribution < -0.4 is 0 Å². The second kappa shape index (κ2) is 3.84. The van der Waals surface area contributed by atoms with Crippen LogP contribution in [0.1, 0.15) is 18.4 Å². The molecule has 1 aliphatic rings. The first-order chi connectivity index (χ1) is 7.86. The van der Waals surface area contributed by atoms with Crippen LogP contribution in [0.5, 0.6) is 0 Å². The van der Waals surface area contributed by atoms with E-state index in [0.29, 0.717) is 12.8 Å². The molecule has 0 saturated heterocycles. The van der Waals surface area contributed by atoms with E-state index >= 15 is 0 Å². The molecule has 0 unspecified atom stereocenters. The second-order valence-corrected chi connectivity index (χ2v) is 6.65. The highest BCUT2D eigenvalue weighted by molar-refractivity contribution is 7.91. The minimum absolute atomic E-state index is 0.204. The Labute approximate surface area is 100 Å². The van der Waals surface area contributed by atoms with E-state index in [1.807, 2.05) is 6.92 Å². The van der Waals surface area contributed by atoms with E-state index < -0.39 is 21.2 Å².